The number of aryl methyl sites for hydroxylation is 1. The van der Waals surface area contributed by atoms with Crippen molar-refractivity contribution < 1.29 is 0 Å². The van der Waals surface area contributed by atoms with E-state index in [1.807, 2.05) is 17.9 Å². The lowest BCUT2D eigenvalue weighted by Gasteiger charge is -2.05. The van der Waals surface area contributed by atoms with Gasteiger partial charge in [0.15, 0.2) is 0 Å². The fourth-order valence-corrected chi connectivity index (χ4v) is 1.68. The molecular weight excluding hydrogens is 186 g/mol. The minimum absolute atomic E-state index is 1.04. The van der Waals surface area contributed by atoms with Crippen molar-refractivity contribution in [2.75, 3.05) is 11.9 Å². The van der Waals surface area contributed by atoms with Crippen LogP contribution in [0.4, 0.5) is 5.69 Å². The molecular formula is C12H17N3. The summed E-state index contributed by atoms with van der Waals surface area (Å²) in [5.74, 6) is 0. The maximum absolute atomic E-state index is 4.22. The van der Waals surface area contributed by atoms with E-state index in [-0.39, 0.29) is 0 Å². The second kappa shape index (κ2) is 4.34. The van der Waals surface area contributed by atoms with Crippen molar-refractivity contribution in [2.24, 2.45) is 7.05 Å². The molecule has 0 amide bonds. The summed E-state index contributed by atoms with van der Waals surface area (Å²) in [5.41, 5.74) is 2.36. The summed E-state index contributed by atoms with van der Waals surface area (Å²) in [7, 11) is 1.96. The number of fused-ring (bicyclic) bond motifs is 1. The molecule has 0 bridgehead atoms. The number of unbranched alkanes of at least 4 members (excludes halogenated alkanes) is 1. The minimum Gasteiger partial charge on any atom is -0.385 e. The Morgan fingerprint density at radius 2 is 2.27 bits per heavy atom. The van der Waals surface area contributed by atoms with Crippen LogP contribution in [0.2, 0.25) is 0 Å². The number of hydrogen-bond acceptors (Lipinski definition) is 2. The van der Waals surface area contributed by atoms with Gasteiger partial charge in [0.25, 0.3) is 0 Å². The van der Waals surface area contributed by atoms with Crippen molar-refractivity contribution in [3.63, 3.8) is 0 Å². The van der Waals surface area contributed by atoms with Crippen LogP contribution < -0.4 is 5.32 Å². The number of rotatable bonds is 4. The molecule has 0 saturated carbocycles. The van der Waals surface area contributed by atoms with Crippen LogP contribution in [-0.4, -0.2) is 16.3 Å². The SMILES string of the molecule is CCCCNc1ccc2c(cnn2C)c1. The molecule has 80 valence electrons. The van der Waals surface area contributed by atoms with Gasteiger partial charge in [-0.15, -0.1) is 0 Å². The molecule has 0 aliphatic heterocycles. The Hall–Kier alpha value is -1.51. The molecule has 0 fully saturated rings. The van der Waals surface area contributed by atoms with E-state index in [2.05, 4.69) is 35.5 Å². The lowest BCUT2D eigenvalue weighted by molar-refractivity contribution is 0.797. The van der Waals surface area contributed by atoms with Crippen LogP contribution in [0.5, 0.6) is 0 Å². The minimum atomic E-state index is 1.04. The molecule has 1 aromatic carbocycles. The van der Waals surface area contributed by atoms with Gasteiger partial charge in [0.1, 0.15) is 0 Å². The van der Waals surface area contributed by atoms with E-state index in [0.717, 1.165) is 6.54 Å². The Morgan fingerprint density at radius 3 is 3.07 bits per heavy atom. The van der Waals surface area contributed by atoms with Crippen LogP contribution in [0.15, 0.2) is 24.4 Å². The maximum atomic E-state index is 4.22. The number of anilines is 1. The second-order valence-corrected chi connectivity index (χ2v) is 3.82. The first-order valence-corrected chi connectivity index (χ1v) is 5.47. The van der Waals surface area contributed by atoms with Gasteiger partial charge in [0.05, 0.1) is 11.7 Å². The van der Waals surface area contributed by atoms with E-state index in [1.165, 1.54) is 29.4 Å². The largest absolute Gasteiger partial charge is 0.385 e. The molecule has 0 atom stereocenters. The highest BCUT2D eigenvalue weighted by Gasteiger charge is 1.99. The Kier molecular flexibility index (Phi) is 2.90. The number of nitrogens with one attached hydrogen (secondary N) is 1. The summed E-state index contributed by atoms with van der Waals surface area (Å²) in [5, 5.41) is 8.83. The zero-order valence-corrected chi connectivity index (χ0v) is 9.33. The van der Waals surface area contributed by atoms with Crippen LogP contribution in [0.1, 0.15) is 19.8 Å². The second-order valence-electron chi connectivity index (χ2n) is 3.82. The predicted molar refractivity (Wildman–Crippen MR) is 64.1 cm³/mol. The van der Waals surface area contributed by atoms with Gasteiger partial charge in [0.2, 0.25) is 0 Å². The van der Waals surface area contributed by atoms with Crippen molar-refractivity contribution in [1.29, 1.82) is 0 Å². The van der Waals surface area contributed by atoms with E-state index in [4.69, 9.17) is 0 Å². The Morgan fingerprint density at radius 1 is 1.40 bits per heavy atom. The van der Waals surface area contributed by atoms with Crippen LogP contribution in [0.25, 0.3) is 10.9 Å². The molecule has 2 aromatic rings. The van der Waals surface area contributed by atoms with Gasteiger partial charge in [-0.3, -0.25) is 4.68 Å². The molecule has 0 saturated heterocycles. The summed E-state index contributed by atoms with van der Waals surface area (Å²) in [6.07, 6.45) is 4.34. The summed E-state index contributed by atoms with van der Waals surface area (Å²) in [4.78, 5) is 0. The van der Waals surface area contributed by atoms with Gasteiger partial charge in [-0.1, -0.05) is 13.3 Å². The maximum Gasteiger partial charge on any atom is 0.0680 e. The van der Waals surface area contributed by atoms with E-state index in [1.54, 1.807) is 0 Å². The summed E-state index contributed by atoms with van der Waals surface area (Å²) < 4.78 is 1.89. The van der Waals surface area contributed by atoms with Gasteiger partial charge in [-0.05, 0) is 24.6 Å². The molecule has 1 N–H and O–H groups in total. The van der Waals surface area contributed by atoms with Crippen molar-refractivity contribution in [3.05, 3.63) is 24.4 Å². The third-order valence-corrected chi connectivity index (χ3v) is 2.61. The van der Waals surface area contributed by atoms with Gasteiger partial charge in [0, 0.05) is 24.7 Å². The Labute approximate surface area is 90.1 Å². The fraction of sp³-hybridized carbons (Fsp3) is 0.417. The van der Waals surface area contributed by atoms with Crippen LogP contribution in [0, 0.1) is 0 Å². The molecule has 3 heteroatoms. The number of aromatic nitrogens is 2. The molecule has 15 heavy (non-hydrogen) atoms. The quantitative estimate of drug-likeness (QED) is 0.774. The molecule has 1 aromatic heterocycles. The highest BCUT2D eigenvalue weighted by atomic mass is 15.2. The van der Waals surface area contributed by atoms with E-state index in [0.29, 0.717) is 0 Å². The van der Waals surface area contributed by atoms with Crippen LogP contribution in [-0.2, 0) is 7.05 Å². The zero-order chi connectivity index (χ0) is 10.7. The number of nitrogens with zero attached hydrogens (tertiary/aromatic N) is 2. The Balaban J connectivity index is 2.16. The molecule has 0 radical (unpaired) electrons. The van der Waals surface area contributed by atoms with Crippen molar-refractivity contribution >= 4 is 16.6 Å². The molecule has 3 nitrogen and oxygen atoms in total. The lowest BCUT2D eigenvalue weighted by atomic mass is 10.2. The van der Waals surface area contributed by atoms with Gasteiger partial charge in [-0.25, -0.2) is 0 Å². The average Bonchev–Trinajstić information content (AvgIpc) is 2.61. The van der Waals surface area contributed by atoms with Crippen molar-refractivity contribution in [3.8, 4) is 0 Å². The number of hydrogen-bond donors (Lipinski definition) is 1. The summed E-state index contributed by atoms with van der Waals surface area (Å²) >= 11 is 0. The number of benzene rings is 1. The average molecular weight is 203 g/mol. The standard InChI is InChI=1S/C12H17N3/c1-3-4-7-13-11-5-6-12-10(8-11)9-14-15(12)2/h5-6,8-9,13H,3-4,7H2,1-2H3. The van der Waals surface area contributed by atoms with Crippen LogP contribution >= 0.6 is 0 Å². The smallest absolute Gasteiger partial charge is 0.0680 e. The summed E-state index contributed by atoms with van der Waals surface area (Å²) in [6, 6.07) is 6.37. The molecule has 2 rings (SSSR count). The normalized spacial score (nSPS) is 10.8. The molecule has 0 spiro atoms. The molecule has 1 heterocycles. The highest BCUT2D eigenvalue weighted by molar-refractivity contribution is 5.82. The van der Waals surface area contributed by atoms with Gasteiger partial charge in [-0.2, -0.15) is 5.10 Å². The third-order valence-electron chi connectivity index (χ3n) is 2.61. The topological polar surface area (TPSA) is 29.9 Å². The first-order chi connectivity index (χ1) is 7.31. The predicted octanol–water partition coefficient (Wildman–Crippen LogP) is 2.79. The molecule has 0 unspecified atom stereocenters. The third kappa shape index (κ3) is 2.12. The highest BCUT2D eigenvalue weighted by Crippen LogP contribution is 2.18. The molecule has 0 aliphatic rings. The van der Waals surface area contributed by atoms with E-state index >= 15 is 0 Å². The first kappa shape index (κ1) is 10.0. The van der Waals surface area contributed by atoms with Crippen molar-refractivity contribution in [2.45, 2.75) is 19.8 Å². The molecule has 0 aliphatic carbocycles. The van der Waals surface area contributed by atoms with Crippen LogP contribution in [0.3, 0.4) is 0 Å². The Bertz CT molecular complexity index is 445. The van der Waals surface area contributed by atoms with Crippen molar-refractivity contribution in [1.82, 2.24) is 9.78 Å². The monoisotopic (exact) mass is 203 g/mol. The first-order valence-electron chi connectivity index (χ1n) is 5.47. The lowest BCUT2D eigenvalue weighted by Crippen LogP contribution is -2.00. The van der Waals surface area contributed by atoms with E-state index < -0.39 is 0 Å². The summed E-state index contributed by atoms with van der Waals surface area (Å²) in [6.45, 7) is 3.24. The van der Waals surface area contributed by atoms with Gasteiger partial charge < -0.3 is 5.32 Å². The van der Waals surface area contributed by atoms with Gasteiger partial charge >= 0.3 is 0 Å². The fourth-order valence-electron chi connectivity index (χ4n) is 1.68. The zero-order valence-electron chi connectivity index (χ0n) is 9.33. The van der Waals surface area contributed by atoms with E-state index in [9.17, 15) is 0 Å².